The predicted octanol–water partition coefficient (Wildman–Crippen LogP) is 31.0. The second-order valence-corrected chi connectivity index (χ2v) is 39.4. The highest BCUT2D eigenvalue weighted by Crippen LogP contribution is 2.59. The van der Waals surface area contributed by atoms with Crippen LogP contribution in [0.2, 0.25) is 0 Å². The van der Waals surface area contributed by atoms with E-state index in [2.05, 4.69) is 639 Å². The molecule has 149 heavy (non-hydrogen) atoms. The zero-order chi connectivity index (χ0) is 99.2. The molecule has 23 aromatic rings. The van der Waals surface area contributed by atoms with Gasteiger partial charge in [0.05, 0.1) is 44.4 Å². The van der Waals surface area contributed by atoms with Crippen LogP contribution in [0.3, 0.4) is 0 Å². The van der Waals surface area contributed by atoms with Gasteiger partial charge in [-0.3, -0.25) is 0 Å². The Morgan fingerprint density at radius 2 is 0.315 bits per heavy atom. The Kier molecular flexibility index (Phi) is 23.4. The molecule has 4 aliphatic rings. The number of benzene rings is 23. The minimum absolute atomic E-state index is 0.0293. The van der Waals surface area contributed by atoms with Crippen molar-refractivity contribution >= 4 is 114 Å². The summed E-state index contributed by atoms with van der Waals surface area (Å²) in [6.45, 7) is 2.12. The molecule has 4 nitrogen and oxygen atoms in total. The van der Waals surface area contributed by atoms with Crippen molar-refractivity contribution in [2.75, 3.05) is 19.6 Å². The summed E-state index contributed by atoms with van der Waals surface area (Å²) >= 11 is 0. The van der Waals surface area contributed by atoms with Crippen LogP contribution in [0.1, 0.15) is 94.6 Å². The molecule has 23 aromatic carbocycles. The molecule has 6 heteroatoms. The molecule has 0 radical (unpaired) electrons. The lowest BCUT2D eigenvalue weighted by Gasteiger charge is -2.47. The van der Waals surface area contributed by atoms with E-state index in [1.807, 2.05) is 0 Å². The molecular weight excluding hydrogens is 1800 g/mol. The molecule has 0 aromatic heterocycles. The molecule has 0 amide bonds. The predicted molar refractivity (Wildman–Crippen MR) is 624 cm³/mol. The Hall–Kier alpha value is -18.6. The molecule has 0 aliphatic carbocycles. The Morgan fingerprint density at radius 3 is 0.557 bits per heavy atom. The van der Waals surface area contributed by atoms with E-state index in [1.54, 1.807) is 0 Å². The van der Waals surface area contributed by atoms with Gasteiger partial charge in [-0.2, -0.15) is 0 Å². The number of anilines is 12. The molecule has 4 aliphatic heterocycles. The first-order valence-electron chi connectivity index (χ1n) is 51.9. The van der Waals surface area contributed by atoms with Gasteiger partial charge < -0.3 is 19.6 Å². The fourth-order valence-electron chi connectivity index (χ4n) is 25.8. The van der Waals surface area contributed by atoms with E-state index in [0.717, 1.165) is 39.8 Å². The van der Waals surface area contributed by atoms with E-state index in [1.165, 1.54) is 167 Å². The highest BCUT2D eigenvalue weighted by Gasteiger charge is 2.52. The van der Waals surface area contributed by atoms with Crippen molar-refractivity contribution in [3.63, 3.8) is 0 Å². The van der Waals surface area contributed by atoms with Crippen LogP contribution in [-0.4, -0.2) is 13.4 Å². The van der Waals surface area contributed by atoms with Gasteiger partial charge in [0.15, 0.2) is 0 Å². The average Bonchev–Trinajstić information content (AvgIpc) is 0.690. The maximum absolute atomic E-state index is 2.60. The van der Waals surface area contributed by atoms with Crippen molar-refractivity contribution in [2.24, 2.45) is 0 Å². The maximum atomic E-state index is 2.60. The molecule has 0 N–H and O–H groups in total. The first-order chi connectivity index (χ1) is 73.9. The van der Waals surface area contributed by atoms with Gasteiger partial charge in [-0.15, -0.1) is 0 Å². The van der Waals surface area contributed by atoms with Crippen molar-refractivity contribution in [2.45, 2.75) is 28.6 Å². The molecule has 4 heterocycles. The van der Waals surface area contributed by atoms with Crippen LogP contribution in [0, 0.1) is 6.92 Å². The zero-order valence-corrected chi connectivity index (χ0v) is 82.8. The third kappa shape index (κ3) is 14.7. The summed E-state index contributed by atoms with van der Waals surface area (Å²) < 4.78 is 0. The van der Waals surface area contributed by atoms with Gasteiger partial charge in [-0.05, 0) is 213 Å². The third-order valence-electron chi connectivity index (χ3n) is 31.7. The number of hydrogen-bond donors (Lipinski definition) is 0. The number of nitrogens with zero attached hydrogens (tertiary/aromatic N) is 4. The van der Waals surface area contributed by atoms with Crippen LogP contribution in [0.5, 0.6) is 0 Å². The lowest BCUT2D eigenvalue weighted by Crippen LogP contribution is -2.61. The van der Waals surface area contributed by atoms with Crippen LogP contribution in [0.4, 0.5) is 68.2 Å². The van der Waals surface area contributed by atoms with Crippen LogP contribution in [-0.2, 0) is 21.7 Å². The molecule has 0 atom stereocenters. The summed E-state index contributed by atoms with van der Waals surface area (Å²) in [6.07, 6.45) is 0. The van der Waals surface area contributed by atoms with Gasteiger partial charge in [-0.1, -0.05) is 545 Å². The molecular formula is C143H104B2N4. The Bertz CT molecular complexity index is 8360. The van der Waals surface area contributed by atoms with Crippen LogP contribution >= 0.6 is 0 Å². The van der Waals surface area contributed by atoms with Crippen molar-refractivity contribution in [1.29, 1.82) is 0 Å². The minimum atomic E-state index is -0.705. The van der Waals surface area contributed by atoms with E-state index in [-0.39, 0.29) is 13.4 Å². The molecule has 0 bridgehead atoms. The summed E-state index contributed by atoms with van der Waals surface area (Å²) in [5.41, 5.74) is 41.6. The molecule has 0 unspecified atom stereocenters. The van der Waals surface area contributed by atoms with Gasteiger partial charge in [-0.25, -0.2) is 0 Å². The Labute approximate surface area is 874 Å². The van der Waals surface area contributed by atoms with Crippen molar-refractivity contribution < 1.29 is 0 Å². The number of aryl methyl sites for hydroxylation is 1. The number of fused-ring (bicyclic) bond motifs is 8. The van der Waals surface area contributed by atoms with Gasteiger partial charge in [0.25, 0.3) is 13.4 Å². The Balaban J connectivity index is 0.000000151. The summed E-state index contributed by atoms with van der Waals surface area (Å²) in [4.78, 5) is 10.3. The van der Waals surface area contributed by atoms with E-state index >= 15 is 0 Å². The second-order valence-electron chi connectivity index (χ2n) is 39.4. The SMILES string of the molecule is Cc1ccc2c(c1)B1c3ccccc3N(c3ccccc3C(c3ccccc3)(c3ccccc3)c3ccccc3)c3cccc(c31)N2c1ccccc1C(c1ccccc1)(c1ccccc1)c1ccccc1.c1ccc(-c2ccc3c(c2)B2c4ccccc4N(c4ccccc4C(c4ccccc4)(c4ccccc4)c4ccccc4)c4cccc(c42)N3c2ccccc2C(c2ccccc2)(c2ccccc2)c2ccccc2)cc1. The summed E-state index contributed by atoms with van der Waals surface area (Å²) in [6, 6.07) is 227. The Morgan fingerprint density at radius 1 is 0.134 bits per heavy atom. The van der Waals surface area contributed by atoms with Gasteiger partial charge in [0.2, 0.25) is 0 Å². The van der Waals surface area contributed by atoms with Gasteiger partial charge >= 0.3 is 0 Å². The minimum Gasteiger partial charge on any atom is -0.311 e. The third-order valence-corrected chi connectivity index (χ3v) is 31.7. The molecule has 702 valence electrons. The number of hydrogen-bond acceptors (Lipinski definition) is 4. The fourth-order valence-corrected chi connectivity index (χ4v) is 25.8. The molecule has 0 saturated carbocycles. The van der Waals surface area contributed by atoms with Crippen LogP contribution in [0.25, 0.3) is 11.1 Å². The quantitative estimate of drug-likeness (QED) is 0.0525. The summed E-state index contributed by atoms with van der Waals surface area (Å²) in [7, 11) is 0. The normalized spacial score (nSPS) is 12.7. The van der Waals surface area contributed by atoms with Crippen molar-refractivity contribution in [1.82, 2.24) is 0 Å². The van der Waals surface area contributed by atoms with E-state index in [4.69, 9.17) is 0 Å². The van der Waals surface area contributed by atoms with E-state index in [9.17, 15) is 0 Å². The zero-order valence-electron chi connectivity index (χ0n) is 82.8. The lowest BCUT2D eigenvalue weighted by molar-refractivity contribution is 0.744. The van der Waals surface area contributed by atoms with E-state index < -0.39 is 21.7 Å². The largest absolute Gasteiger partial charge is 0.311 e. The van der Waals surface area contributed by atoms with E-state index in [0.29, 0.717) is 0 Å². The number of rotatable bonds is 21. The summed E-state index contributed by atoms with van der Waals surface area (Å²) in [5.74, 6) is 0. The van der Waals surface area contributed by atoms with Crippen molar-refractivity contribution in [3.05, 3.63) is 707 Å². The topological polar surface area (TPSA) is 13.0 Å². The smallest absolute Gasteiger partial charge is 0.252 e. The lowest BCUT2D eigenvalue weighted by atomic mass is 9.33. The molecule has 0 fully saturated rings. The molecule has 27 rings (SSSR count). The highest BCUT2D eigenvalue weighted by atomic mass is 15.2. The summed E-state index contributed by atoms with van der Waals surface area (Å²) in [5, 5.41) is 0. The first kappa shape index (κ1) is 90.4. The second kappa shape index (κ2) is 38.5. The maximum Gasteiger partial charge on any atom is 0.252 e. The fraction of sp³-hybridized carbons (Fsp3) is 0.0350. The van der Waals surface area contributed by atoms with Gasteiger partial charge in [0.1, 0.15) is 0 Å². The van der Waals surface area contributed by atoms with Crippen LogP contribution in [0.15, 0.2) is 613 Å². The van der Waals surface area contributed by atoms with Crippen molar-refractivity contribution in [3.8, 4) is 11.1 Å². The van der Waals surface area contributed by atoms with Crippen LogP contribution < -0.4 is 52.4 Å². The first-order valence-corrected chi connectivity index (χ1v) is 51.9. The average molecular weight is 1900 g/mol. The standard InChI is InChI=1S/C74H53BN2.C69H51BN2/c1-8-29-54(30-9-1)55-51-52-69-65(53-55)75-64-45-24-27-48-68(64)76(66-46-25-22-43-62(66)73(56-31-10-2-11-32-56,57-33-12-3-13-34-57)58-35-14-4-15-36-58)70-49-28-50-71(72(70)75)77(69)67-47-26-23-44-63(67)74(59-37-16-5-17-38-59,60-39-18-6-19-40-60)61-41-20-7-21-42-61;1-50-47-48-64-60(49-50)70-59-41-22-25-44-63(59)71(61-42-23-20-39-57(61)68(51-27-8-2-9-28-51,52-29-10-3-11-30-52)53-31-12-4-13-32-53)65-45-26-46-66(67(65)70)72(64)62-43-24-21-40-58(62)69(54-33-14-5-15-34-54,55-35-16-6-17-36-55)56-37-18-7-19-38-56/h1-53H;2-49H,1H3. The van der Waals surface area contributed by atoms with Gasteiger partial charge in [0, 0.05) is 45.5 Å². The number of para-hydroxylation sites is 6. The monoisotopic (exact) mass is 1900 g/mol. The molecule has 0 spiro atoms. The highest BCUT2D eigenvalue weighted by molar-refractivity contribution is 7.01. The molecule has 0 saturated heterocycles.